The predicted octanol–water partition coefficient (Wildman–Crippen LogP) is 4.45. The highest BCUT2D eigenvalue weighted by Crippen LogP contribution is 2.45. The van der Waals surface area contributed by atoms with E-state index in [-0.39, 0.29) is 17.2 Å². The standard InChI is InChI=1S/C19H16O3/c1-12-10-11-17(22)19(14-7-3-5-9-16(14)21)18(12)13-6-2-4-8-15(13)20/h2-11,20-22H,1H3. The number of phenolic OH excluding ortho intramolecular Hbond substituents is 3. The number of benzene rings is 3. The van der Waals surface area contributed by atoms with Crippen LogP contribution < -0.4 is 0 Å². The molecule has 0 spiro atoms. The highest BCUT2D eigenvalue weighted by molar-refractivity contribution is 5.93. The minimum atomic E-state index is 0.0605. The maximum absolute atomic E-state index is 10.4. The maximum atomic E-state index is 10.4. The third kappa shape index (κ3) is 2.27. The van der Waals surface area contributed by atoms with E-state index in [0.717, 1.165) is 5.56 Å². The summed E-state index contributed by atoms with van der Waals surface area (Å²) in [7, 11) is 0. The highest BCUT2D eigenvalue weighted by atomic mass is 16.3. The van der Waals surface area contributed by atoms with Gasteiger partial charge in [-0.15, -0.1) is 0 Å². The summed E-state index contributed by atoms with van der Waals surface area (Å²) in [4.78, 5) is 0. The summed E-state index contributed by atoms with van der Waals surface area (Å²) in [6.07, 6.45) is 0. The van der Waals surface area contributed by atoms with Gasteiger partial charge in [-0.1, -0.05) is 42.5 Å². The summed E-state index contributed by atoms with van der Waals surface area (Å²) in [5, 5.41) is 30.7. The van der Waals surface area contributed by atoms with E-state index < -0.39 is 0 Å². The molecule has 3 N–H and O–H groups in total. The lowest BCUT2D eigenvalue weighted by Gasteiger charge is -2.17. The molecule has 3 aromatic carbocycles. The Morgan fingerprint density at radius 1 is 0.545 bits per heavy atom. The monoisotopic (exact) mass is 292 g/mol. The molecule has 0 unspecified atom stereocenters. The Labute approximate surface area is 128 Å². The first-order valence-corrected chi connectivity index (χ1v) is 6.99. The zero-order valence-electron chi connectivity index (χ0n) is 12.1. The van der Waals surface area contributed by atoms with Crippen LogP contribution in [0, 0.1) is 6.92 Å². The van der Waals surface area contributed by atoms with Crippen LogP contribution in [0.5, 0.6) is 17.2 Å². The van der Waals surface area contributed by atoms with Gasteiger partial charge in [-0.2, -0.15) is 0 Å². The van der Waals surface area contributed by atoms with E-state index >= 15 is 0 Å². The van der Waals surface area contributed by atoms with Gasteiger partial charge in [0.2, 0.25) is 0 Å². The Kier molecular flexibility index (Phi) is 3.47. The fourth-order valence-corrected chi connectivity index (χ4v) is 2.69. The molecule has 0 amide bonds. The molecule has 0 saturated heterocycles. The number of hydrogen-bond acceptors (Lipinski definition) is 3. The normalized spacial score (nSPS) is 10.6. The number of phenols is 3. The summed E-state index contributed by atoms with van der Waals surface area (Å²) >= 11 is 0. The second-order valence-electron chi connectivity index (χ2n) is 5.19. The minimum absolute atomic E-state index is 0.0605. The summed E-state index contributed by atoms with van der Waals surface area (Å²) in [5.74, 6) is 0.276. The third-order valence-corrected chi connectivity index (χ3v) is 3.74. The van der Waals surface area contributed by atoms with Gasteiger partial charge in [0, 0.05) is 16.7 Å². The molecule has 3 heteroatoms. The lowest BCUT2D eigenvalue weighted by Crippen LogP contribution is -1.91. The van der Waals surface area contributed by atoms with Gasteiger partial charge < -0.3 is 15.3 Å². The van der Waals surface area contributed by atoms with Crippen molar-refractivity contribution in [3.8, 4) is 39.5 Å². The van der Waals surface area contributed by atoms with Gasteiger partial charge in [0.15, 0.2) is 0 Å². The lowest BCUT2D eigenvalue weighted by atomic mass is 9.89. The summed E-state index contributed by atoms with van der Waals surface area (Å²) in [6.45, 7) is 1.91. The second kappa shape index (κ2) is 5.45. The van der Waals surface area contributed by atoms with Crippen LogP contribution in [0.4, 0.5) is 0 Å². The van der Waals surface area contributed by atoms with Crippen LogP contribution in [0.3, 0.4) is 0 Å². The highest BCUT2D eigenvalue weighted by Gasteiger charge is 2.18. The second-order valence-corrected chi connectivity index (χ2v) is 5.19. The smallest absolute Gasteiger partial charge is 0.124 e. The Morgan fingerprint density at radius 2 is 1.05 bits per heavy atom. The number of aromatic hydroxyl groups is 3. The molecule has 0 atom stereocenters. The molecule has 0 aromatic heterocycles. The number of para-hydroxylation sites is 2. The van der Waals surface area contributed by atoms with Crippen molar-refractivity contribution in [2.24, 2.45) is 0 Å². The van der Waals surface area contributed by atoms with Crippen molar-refractivity contribution >= 4 is 0 Å². The van der Waals surface area contributed by atoms with Gasteiger partial charge in [0.1, 0.15) is 17.2 Å². The molecule has 0 aliphatic heterocycles. The van der Waals surface area contributed by atoms with Crippen molar-refractivity contribution in [1.29, 1.82) is 0 Å². The van der Waals surface area contributed by atoms with Crippen LogP contribution in [0.25, 0.3) is 22.3 Å². The van der Waals surface area contributed by atoms with E-state index in [1.807, 2.05) is 13.0 Å². The number of aryl methyl sites for hydroxylation is 1. The molecule has 22 heavy (non-hydrogen) atoms. The zero-order valence-corrected chi connectivity index (χ0v) is 12.1. The molecular formula is C19H16O3. The van der Waals surface area contributed by atoms with Crippen LogP contribution in [-0.2, 0) is 0 Å². The van der Waals surface area contributed by atoms with E-state index in [1.165, 1.54) is 0 Å². The molecule has 0 saturated carbocycles. The molecule has 0 heterocycles. The molecule has 0 aliphatic rings. The van der Waals surface area contributed by atoms with Gasteiger partial charge in [-0.05, 0) is 36.2 Å². The van der Waals surface area contributed by atoms with Crippen molar-refractivity contribution in [3.05, 3.63) is 66.2 Å². The fraction of sp³-hybridized carbons (Fsp3) is 0.0526. The van der Waals surface area contributed by atoms with Crippen molar-refractivity contribution in [2.45, 2.75) is 6.92 Å². The van der Waals surface area contributed by atoms with E-state index in [9.17, 15) is 15.3 Å². The van der Waals surface area contributed by atoms with Gasteiger partial charge in [-0.25, -0.2) is 0 Å². The molecule has 0 aliphatic carbocycles. The topological polar surface area (TPSA) is 60.7 Å². The maximum Gasteiger partial charge on any atom is 0.124 e. The SMILES string of the molecule is Cc1ccc(O)c(-c2ccccc2O)c1-c1ccccc1O. The molecule has 3 aromatic rings. The van der Waals surface area contributed by atoms with Gasteiger partial charge in [-0.3, -0.25) is 0 Å². The van der Waals surface area contributed by atoms with Crippen LogP contribution in [0.1, 0.15) is 5.56 Å². The largest absolute Gasteiger partial charge is 0.507 e. The first kappa shape index (κ1) is 14.0. The van der Waals surface area contributed by atoms with Crippen LogP contribution in [0.2, 0.25) is 0 Å². The van der Waals surface area contributed by atoms with Crippen molar-refractivity contribution in [3.63, 3.8) is 0 Å². The Hall–Kier alpha value is -2.94. The van der Waals surface area contributed by atoms with E-state index in [2.05, 4.69) is 0 Å². The molecule has 0 bridgehead atoms. The first-order chi connectivity index (χ1) is 10.6. The van der Waals surface area contributed by atoms with E-state index in [0.29, 0.717) is 22.3 Å². The summed E-state index contributed by atoms with van der Waals surface area (Å²) in [6, 6.07) is 17.2. The van der Waals surface area contributed by atoms with Gasteiger partial charge in [0.05, 0.1) is 0 Å². The average molecular weight is 292 g/mol. The average Bonchev–Trinajstić information content (AvgIpc) is 2.51. The Morgan fingerprint density at radius 3 is 1.59 bits per heavy atom. The molecule has 110 valence electrons. The predicted molar refractivity (Wildman–Crippen MR) is 87.0 cm³/mol. The van der Waals surface area contributed by atoms with Crippen molar-refractivity contribution < 1.29 is 15.3 Å². The van der Waals surface area contributed by atoms with Gasteiger partial charge in [0.25, 0.3) is 0 Å². The number of rotatable bonds is 2. The quantitative estimate of drug-likeness (QED) is 0.654. The molecule has 3 rings (SSSR count). The van der Waals surface area contributed by atoms with Crippen LogP contribution in [0.15, 0.2) is 60.7 Å². The van der Waals surface area contributed by atoms with Crippen molar-refractivity contribution in [1.82, 2.24) is 0 Å². The fourth-order valence-electron chi connectivity index (χ4n) is 2.69. The Balaban J connectivity index is 2.39. The van der Waals surface area contributed by atoms with Crippen LogP contribution in [-0.4, -0.2) is 15.3 Å². The molecule has 0 radical (unpaired) electrons. The molecule has 3 nitrogen and oxygen atoms in total. The van der Waals surface area contributed by atoms with E-state index in [4.69, 9.17) is 0 Å². The van der Waals surface area contributed by atoms with Crippen LogP contribution >= 0.6 is 0 Å². The summed E-state index contributed by atoms with van der Waals surface area (Å²) < 4.78 is 0. The third-order valence-electron chi connectivity index (χ3n) is 3.74. The van der Waals surface area contributed by atoms with Gasteiger partial charge >= 0.3 is 0 Å². The zero-order chi connectivity index (χ0) is 15.7. The van der Waals surface area contributed by atoms with Crippen molar-refractivity contribution in [2.75, 3.05) is 0 Å². The summed E-state index contributed by atoms with van der Waals surface area (Å²) in [5.41, 5.74) is 3.27. The number of hydrogen-bond donors (Lipinski definition) is 3. The lowest BCUT2D eigenvalue weighted by molar-refractivity contribution is 0.468. The minimum Gasteiger partial charge on any atom is -0.507 e. The first-order valence-electron chi connectivity index (χ1n) is 6.99. The Bertz CT molecular complexity index is 767. The molecule has 0 fully saturated rings. The molecular weight excluding hydrogens is 276 g/mol. The van der Waals surface area contributed by atoms with E-state index in [1.54, 1.807) is 54.6 Å².